The first-order valence-electron chi connectivity index (χ1n) is 5.99. The molecule has 0 spiro atoms. The van der Waals surface area contributed by atoms with Gasteiger partial charge in [-0.05, 0) is 12.8 Å². The van der Waals surface area contributed by atoms with E-state index in [0.717, 1.165) is 12.8 Å². The molecule has 1 aliphatic rings. The van der Waals surface area contributed by atoms with Crippen molar-refractivity contribution in [3.63, 3.8) is 0 Å². The number of amidine groups is 1. The maximum Gasteiger partial charge on any atom is 0.299 e. The van der Waals surface area contributed by atoms with Gasteiger partial charge < -0.3 is 20.4 Å². The van der Waals surface area contributed by atoms with E-state index in [9.17, 15) is 10.1 Å². The molecule has 0 saturated carbocycles. The van der Waals surface area contributed by atoms with Gasteiger partial charge in [0.1, 0.15) is 6.61 Å². The van der Waals surface area contributed by atoms with Gasteiger partial charge >= 0.3 is 0 Å². The second-order valence-electron chi connectivity index (χ2n) is 4.21. The Morgan fingerprint density at radius 1 is 1.70 bits per heavy atom. The van der Waals surface area contributed by atoms with Gasteiger partial charge in [0.2, 0.25) is 5.88 Å². The van der Waals surface area contributed by atoms with Crippen LogP contribution in [0.25, 0.3) is 0 Å². The number of oxime groups is 1. The minimum absolute atomic E-state index is 0.000650. The van der Waals surface area contributed by atoms with Gasteiger partial charge in [-0.2, -0.15) is 0 Å². The lowest BCUT2D eigenvalue weighted by atomic mass is 10.2. The molecule has 0 radical (unpaired) electrons. The zero-order chi connectivity index (χ0) is 14.5. The Bertz CT molecular complexity index is 528. The average Bonchev–Trinajstić information content (AvgIpc) is 2.97. The molecule has 1 aromatic heterocycles. The van der Waals surface area contributed by atoms with E-state index in [1.807, 2.05) is 0 Å². The number of nitrogens with two attached hydrogens (primary N) is 1. The minimum atomic E-state index is -0.662. The maximum absolute atomic E-state index is 10.8. The molecule has 1 fully saturated rings. The molecular weight excluding hydrogens is 268 g/mol. The van der Waals surface area contributed by atoms with Gasteiger partial charge in [0.15, 0.2) is 11.5 Å². The Hall–Kier alpha value is -2.42. The van der Waals surface area contributed by atoms with E-state index in [2.05, 4.69) is 10.1 Å². The molecular formula is C11H14N4O5. The fraction of sp³-hybridized carbons (Fsp3) is 0.455. The third-order valence-corrected chi connectivity index (χ3v) is 2.84. The molecule has 1 aliphatic heterocycles. The fourth-order valence-corrected chi connectivity index (χ4v) is 1.85. The number of rotatable bonds is 5. The summed E-state index contributed by atoms with van der Waals surface area (Å²) in [6.07, 6.45) is 1.89. The number of aromatic nitrogens is 1. The van der Waals surface area contributed by atoms with E-state index >= 15 is 0 Å². The topological polar surface area (TPSA) is 133 Å². The Labute approximate surface area is 114 Å². The van der Waals surface area contributed by atoms with E-state index in [0.29, 0.717) is 13.2 Å². The van der Waals surface area contributed by atoms with Gasteiger partial charge in [-0.3, -0.25) is 10.1 Å². The summed E-state index contributed by atoms with van der Waals surface area (Å²) in [5, 5.41) is 22.2. The molecule has 0 aliphatic carbocycles. The zero-order valence-electron chi connectivity index (χ0n) is 10.6. The summed E-state index contributed by atoms with van der Waals surface area (Å²) in [5.74, 6) is -0.285. The quantitative estimate of drug-likeness (QED) is 0.266. The number of ether oxygens (including phenoxy) is 2. The second kappa shape index (κ2) is 6.15. The van der Waals surface area contributed by atoms with Crippen molar-refractivity contribution in [2.24, 2.45) is 10.9 Å². The van der Waals surface area contributed by atoms with Crippen LogP contribution in [0.2, 0.25) is 0 Å². The molecule has 2 rings (SSSR count). The summed E-state index contributed by atoms with van der Waals surface area (Å²) in [6, 6.07) is 2.56. The van der Waals surface area contributed by atoms with Crippen LogP contribution in [0.15, 0.2) is 17.3 Å². The Morgan fingerprint density at radius 2 is 2.50 bits per heavy atom. The van der Waals surface area contributed by atoms with Crippen LogP contribution in [0.4, 0.5) is 5.69 Å². The molecule has 1 saturated heterocycles. The summed E-state index contributed by atoms with van der Waals surface area (Å²) < 4.78 is 10.8. The molecule has 108 valence electrons. The highest BCUT2D eigenvalue weighted by Gasteiger charge is 2.21. The third-order valence-electron chi connectivity index (χ3n) is 2.84. The van der Waals surface area contributed by atoms with Crippen LogP contribution in [0.5, 0.6) is 5.88 Å². The maximum atomic E-state index is 10.8. The van der Waals surface area contributed by atoms with Crippen molar-refractivity contribution in [1.29, 1.82) is 0 Å². The molecule has 20 heavy (non-hydrogen) atoms. The monoisotopic (exact) mass is 282 g/mol. The summed E-state index contributed by atoms with van der Waals surface area (Å²) in [5.41, 5.74) is 4.78. The molecule has 0 amide bonds. The molecule has 1 aromatic rings. The number of nitrogens with zero attached hydrogens (tertiary/aromatic N) is 3. The largest absolute Gasteiger partial charge is 0.475 e. The zero-order valence-corrected chi connectivity index (χ0v) is 10.6. The van der Waals surface area contributed by atoms with Gasteiger partial charge in [0.05, 0.1) is 11.0 Å². The summed E-state index contributed by atoms with van der Waals surface area (Å²) >= 11 is 0. The average molecular weight is 282 g/mol. The van der Waals surface area contributed by atoms with E-state index in [4.69, 9.17) is 20.4 Å². The lowest BCUT2D eigenvalue weighted by Gasteiger charge is -2.11. The lowest BCUT2D eigenvalue weighted by molar-refractivity contribution is -0.385. The first-order chi connectivity index (χ1) is 9.61. The van der Waals surface area contributed by atoms with Crippen molar-refractivity contribution in [3.8, 4) is 5.88 Å². The highest BCUT2D eigenvalue weighted by Crippen LogP contribution is 2.21. The minimum Gasteiger partial charge on any atom is -0.475 e. The molecule has 3 N–H and O–H groups in total. The molecule has 9 nitrogen and oxygen atoms in total. The number of pyridine rings is 1. The standard InChI is InChI=1S/C11H14N4O5/c12-11(14-16)10-8(15(17)18)3-4-9(13-10)20-6-7-2-1-5-19-7/h3-4,7,16H,1-2,5-6H2,(H2,12,14). The third kappa shape index (κ3) is 3.12. The molecule has 0 bridgehead atoms. The van der Waals surface area contributed by atoms with Crippen LogP contribution in [-0.4, -0.2) is 40.3 Å². The van der Waals surface area contributed by atoms with Crippen LogP contribution < -0.4 is 10.5 Å². The summed E-state index contributed by atoms with van der Waals surface area (Å²) in [6.45, 7) is 1.01. The van der Waals surface area contributed by atoms with Crippen molar-refractivity contribution in [3.05, 3.63) is 27.9 Å². The second-order valence-corrected chi connectivity index (χ2v) is 4.21. The van der Waals surface area contributed by atoms with Gasteiger partial charge in [0, 0.05) is 18.7 Å². The van der Waals surface area contributed by atoms with Crippen molar-refractivity contribution in [2.45, 2.75) is 18.9 Å². The predicted molar refractivity (Wildman–Crippen MR) is 67.9 cm³/mol. The SMILES string of the molecule is N/C(=N/O)c1nc(OCC2CCCO2)ccc1[N+](=O)[O-]. The number of hydrogen-bond acceptors (Lipinski definition) is 7. The van der Waals surface area contributed by atoms with Crippen LogP contribution in [0.1, 0.15) is 18.5 Å². The molecule has 1 atom stereocenters. The van der Waals surface area contributed by atoms with Gasteiger partial charge in [0.25, 0.3) is 5.69 Å². The predicted octanol–water partition coefficient (Wildman–Crippen LogP) is 0.642. The van der Waals surface area contributed by atoms with Crippen LogP contribution in [-0.2, 0) is 4.74 Å². The highest BCUT2D eigenvalue weighted by atomic mass is 16.6. The van der Waals surface area contributed by atoms with Gasteiger partial charge in [-0.1, -0.05) is 5.16 Å². The Kier molecular flexibility index (Phi) is 4.31. The lowest BCUT2D eigenvalue weighted by Crippen LogP contribution is -2.20. The fourth-order valence-electron chi connectivity index (χ4n) is 1.85. The first kappa shape index (κ1) is 14.0. The molecule has 0 aromatic carbocycles. The number of hydrogen-bond donors (Lipinski definition) is 2. The summed E-state index contributed by atoms with van der Waals surface area (Å²) in [7, 11) is 0. The molecule has 2 heterocycles. The normalized spacial score (nSPS) is 19.0. The Balaban J connectivity index is 2.16. The van der Waals surface area contributed by atoms with E-state index < -0.39 is 10.8 Å². The highest BCUT2D eigenvalue weighted by molar-refractivity contribution is 5.98. The number of nitro groups is 1. The van der Waals surface area contributed by atoms with Crippen LogP contribution in [0.3, 0.4) is 0 Å². The first-order valence-corrected chi connectivity index (χ1v) is 5.99. The molecule has 9 heteroatoms. The van der Waals surface area contributed by atoms with Crippen molar-refractivity contribution >= 4 is 11.5 Å². The van der Waals surface area contributed by atoms with Crippen molar-refractivity contribution < 1.29 is 19.6 Å². The Morgan fingerprint density at radius 3 is 3.10 bits per heavy atom. The molecule has 1 unspecified atom stereocenters. The van der Waals surface area contributed by atoms with E-state index in [1.54, 1.807) is 0 Å². The van der Waals surface area contributed by atoms with Crippen molar-refractivity contribution in [2.75, 3.05) is 13.2 Å². The van der Waals surface area contributed by atoms with E-state index in [1.165, 1.54) is 12.1 Å². The van der Waals surface area contributed by atoms with Gasteiger partial charge in [-0.15, -0.1) is 0 Å². The summed E-state index contributed by atoms with van der Waals surface area (Å²) in [4.78, 5) is 14.1. The smallest absolute Gasteiger partial charge is 0.299 e. The van der Waals surface area contributed by atoms with Crippen LogP contribution in [0, 0.1) is 10.1 Å². The van der Waals surface area contributed by atoms with Crippen LogP contribution >= 0.6 is 0 Å². The van der Waals surface area contributed by atoms with Crippen molar-refractivity contribution in [1.82, 2.24) is 4.98 Å². The van der Waals surface area contributed by atoms with Gasteiger partial charge in [-0.25, -0.2) is 4.98 Å². The van der Waals surface area contributed by atoms with E-state index in [-0.39, 0.29) is 23.4 Å².